The Hall–Kier alpha value is -1.46. The largest absolute Gasteiger partial charge is 0.508 e. The number of ether oxygens (including phenoxy) is 2. The summed E-state index contributed by atoms with van der Waals surface area (Å²) in [5.41, 5.74) is 6.72. The van der Waals surface area contributed by atoms with Gasteiger partial charge in [0.25, 0.3) is 0 Å². The van der Waals surface area contributed by atoms with E-state index in [-0.39, 0.29) is 11.8 Å². The SMILES string of the molecule is COc1cc(O)cc(C2CC(CN)CN2C)c1OC. The van der Waals surface area contributed by atoms with Gasteiger partial charge in [-0.15, -0.1) is 0 Å². The third-order valence-corrected chi connectivity index (χ3v) is 3.82. The van der Waals surface area contributed by atoms with Gasteiger partial charge in [-0.1, -0.05) is 0 Å². The Morgan fingerprint density at radius 1 is 1.37 bits per heavy atom. The Labute approximate surface area is 113 Å². The smallest absolute Gasteiger partial charge is 0.165 e. The van der Waals surface area contributed by atoms with Crippen molar-refractivity contribution in [1.82, 2.24) is 4.90 Å². The van der Waals surface area contributed by atoms with Gasteiger partial charge in [-0.3, -0.25) is 4.90 Å². The minimum atomic E-state index is 0.192. The van der Waals surface area contributed by atoms with Gasteiger partial charge in [0.2, 0.25) is 0 Å². The first-order chi connectivity index (χ1) is 9.10. The minimum Gasteiger partial charge on any atom is -0.508 e. The van der Waals surface area contributed by atoms with E-state index in [9.17, 15) is 5.11 Å². The molecule has 1 aliphatic heterocycles. The first-order valence-electron chi connectivity index (χ1n) is 6.45. The molecule has 0 saturated carbocycles. The highest BCUT2D eigenvalue weighted by molar-refractivity contribution is 5.53. The van der Waals surface area contributed by atoms with Crippen LogP contribution >= 0.6 is 0 Å². The van der Waals surface area contributed by atoms with Gasteiger partial charge in [-0.05, 0) is 32.0 Å². The first-order valence-corrected chi connectivity index (χ1v) is 6.45. The van der Waals surface area contributed by atoms with Crippen LogP contribution in [-0.2, 0) is 0 Å². The Kier molecular flexibility index (Phi) is 4.17. The summed E-state index contributed by atoms with van der Waals surface area (Å²) < 4.78 is 10.7. The number of methoxy groups -OCH3 is 2. The van der Waals surface area contributed by atoms with Crippen molar-refractivity contribution in [1.29, 1.82) is 0 Å². The average Bonchev–Trinajstić information content (AvgIpc) is 2.78. The maximum atomic E-state index is 9.84. The number of benzene rings is 1. The zero-order valence-electron chi connectivity index (χ0n) is 11.7. The molecule has 0 aliphatic carbocycles. The molecule has 1 heterocycles. The summed E-state index contributed by atoms with van der Waals surface area (Å²) in [4.78, 5) is 2.24. The fourth-order valence-electron chi connectivity index (χ4n) is 2.87. The molecule has 5 heteroatoms. The predicted octanol–water partition coefficient (Wildman–Crippen LogP) is 1.36. The topological polar surface area (TPSA) is 68.0 Å². The molecule has 0 amide bonds. The van der Waals surface area contributed by atoms with Gasteiger partial charge in [-0.2, -0.15) is 0 Å². The summed E-state index contributed by atoms with van der Waals surface area (Å²) in [7, 11) is 5.26. The number of nitrogens with two attached hydrogens (primary N) is 1. The molecule has 2 unspecified atom stereocenters. The Bertz CT molecular complexity index is 451. The van der Waals surface area contributed by atoms with Gasteiger partial charge in [0.05, 0.1) is 14.2 Å². The third kappa shape index (κ3) is 2.62. The second-order valence-electron chi connectivity index (χ2n) is 5.06. The molecule has 106 valence electrons. The van der Waals surface area contributed by atoms with E-state index < -0.39 is 0 Å². The van der Waals surface area contributed by atoms with Crippen LogP contribution in [0.5, 0.6) is 17.2 Å². The van der Waals surface area contributed by atoms with Crippen LogP contribution in [0.4, 0.5) is 0 Å². The van der Waals surface area contributed by atoms with Crippen molar-refractivity contribution in [2.24, 2.45) is 11.7 Å². The minimum absolute atomic E-state index is 0.192. The molecule has 0 aromatic heterocycles. The van der Waals surface area contributed by atoms with Crippen LogP contribution in [-0.4, -0.2) is 44.4 Å². The second-order valence-corrected chi connectivity index (χ2v) is 5.06. The standard InChI is InChI=1S/C14H22N2O3/c1-16-8-9(7-15)4-12(16)11-5-10(17)6-13(18-2)14(11)19-3/h5-6,9,12,17H,4,7-8,15H2,1-3H3. The number of phenols is 1. The quantitative estimate of drug-likeness (QED) is 0.861. The molecule has 0 radical (unpaired) electrons. The summed E-state index contributed by atoms with van der Waals surface area (Å²) in [6.45, 7) is 1.64. The molecule has 1 aromatic carbocycles. The average molecular weight is 266 g/mol. The zero-order chi connectivity index (χ0) is 14.0. The summed E-state index contributed by atoms with van der Waals surface area (Å²) in [5.74, 6) is 1.92. The molecule has 0 bridgehead atoms. The maximum Gasteiger partial charge on any atom is 0.165 e. The van der Waals surface area contributed by atoms with Crippen LogP contribution in [0.15, 0.2) is 12.1 Å². The third-order valence-electron chi connectivity index (χ3n) is 3.82. The number of hydrogen-bond acceptors (Lipinski definition) is 5. The van der Waals surface area contributed by atoms with E-state index >= 15 is 0 Å². The van der Waals surface area contributed by atoms with Crippen molar-refractivity contribution in [3.8, 4) is 17.2 Å². The van der Waals surface area contributed by atoms with Gasteiger partial charge >= 0.3 is 0 Å². The molecule has 1 fully saturated rings. The number of rotatable bonds is 4. The lowest BCUT2D eigenvalue weighted by molar-refractivity contribution is 0.294. The molecule has 1 saturated heterocycles. The van der Waals surface area contributed by atoms with Crippen molar-refractivity contribution < 1.29 is 14.6 Å². The second kappa shape index (κ2) is 5.67. The van der Waals surface area contributed by atoms with Gasteiger partial charge in [0, 0.05) is 24.2 Å². The van der Waals surface area contributed by atoms with Gasteiger partial charge in [-0.25, -0.2) is 0 Å². The first kappa shape index (κ1) is 14.0. The van der Waals surface area contributed by atoms with Gasteiger partial charge in [0.1, 0.15) is 5.75 Å². The van der Waals surface area contributed by atoms with Crippen LogP contribution < -0.4 is 15.2 Å². The van der Waals surface area contributed by atoms with E-state index in [1.54, 1.807) is 26.4 Å². The van der Waals surface area contributed by atoms with Crippen molar-refractivity contribution >= 4 is 0 Å². The van der Waals surface area contributed by atoms with Crippen molar-refractivity contribution in [3.05, 3.63) is 17.7 Å². The Balaban J connectivity index is 2.41. The lowest BCUT2D eigenvalue weighted by Gasteiger charge is -2.23. The highest BCUT2D eigenvalue weighted by atomic mass is 16.5. The van der Waals surface area contributed by atoms with Crippen LogP contribution in [0.3, 0.4) is 0 Å². The molecule has 0 spiro atoms. The Morgan fingerprint density at radius 2 is 2.11 bits per heavy atom. The van der Waals surface area contributed by atoms with Crippen LogP contribution in [0.2, 0.25) is 0 Å². The number of nitrogens with zero attached hydrogens (tertiary/aromatic N) is 1. The molecule has 3 N–H and O–H groups in total. The van der Waals surface area contributed by atoms with E-state index in [2.05, 4.69) is 11.9 Å². The van der Waals surface area contributed by atoms with E-state index in [4.69, 9.17) is 15.2 Å². The number of likely N-dealkylation sites (tertiary alicyclic amines) is 1. The molecule has 5 nitrogen and oxygen atoms in total. The van der Waals surface area contributed by atoms with E-state index in [1.165, 1.54) is 0 Å². The van der Waals surface area contributed by atoms with Crippen molar-refractivity contribution in [2.75, 3.05) is 34.4 Å². The van der Waals surface area contributed by atoms with E-state index in [0.717, 1.165) is 18.5 Å². The number of phenolic OH excluding ortho intramolecular Hbond substituents is 1. The predicted molar refractivity (Wildman–Crippen MR) is 73.7 cm³/mol. The summed E-state index contributed by atoms with van der Waals surface area (Å²) in [6.07, 6.45) is 0.968. The normalized spacial score (nSPS) is 23.6. The lowest BCUT2D eigenvalue weighted by Crippen LogP contribution is -2.21. The van der Waals surface area contributed by atoms with Crippen LogP contribution in [0.25, 0.3) is 0 Å². The number of aromatic hydroxyl groups is 1. The maximum absolute atomic E-state index is 9.84. The zero-order valence-corrected chi connectivity index (χ0v) is 11.7. The summed E-state index contributed by atoms with van der Waals surface area (Å²) in [6, 6.07) is 3.52. The molecule has 2 atom stereocenters. The molecule has 19 heavy (non-hydrogen) atoms. The highest BCUT2D eigenvalue weighted by Gasteiger charge is 2.32. The summed E-state index contributed by atoms with van der Waals surface area (Å²) >= 11 is 0. The van der Waals surface area contributed by atoms with E-state index in [1.807, 2.05) is 0 Å². The molecule has 1 aliphatic rings. The van der Waals surface area contributed by atoms with Crippen molar-refractivity contribution in [2.45, 2.75) is 12.5 Å². The van der Waals surface area contributed by atoms with E-state index in [0.29, 0.717) is 24.0 Å². The van der Waals surface area contributed by atoms with Crippen LogP contribution in [0, 0.1) is 5.92 Å². The number of hydrogen-bond donors (Lipinski definition) is 2. The van der Waals surface area contributed by atoms with Crippen molar-refractivity contribution in [3.63, 3.8) is 0 Å². The fourth-order valence-corrected chi connectivity index (χ4v) is 2.87. The fraction of sp³-hybridized carbons (Fsp3) is 0.571. The molecule has 1 aromatic rings. The monoisotopic (exact) mass is 266 g/mol. The lowest BCUT2D eigenvalue weighted by atomic mass is 9.98. The summed E-state index contributed by atoms with van der Waals surface area (Å²) in [5, 5.41) is 9.84. The molecular formula is C14H22N2O3. The van der Waals surface area contributed by atoms with Gasteiger partial charge in [0.15, 0.2) is 11.5 Å². The van der Waals surface area contributed by atoms with Gasteiger partial charge < -0.3 is 20.3 Å². The molecule has 2 rings (SSSR count). The highest BCUT2D eigenvalue weighted by Crippen LogP contribution is 2.44. The molecular weight excluding hydrogens is 244 g/mol. The van der Waals surface area contributed by atoms with Crippen LogP contribution in [0.1, 0.15) is 18.0 Å². The Morgan fingerprint density at radius 3 is 2.63 bits per heavy atom.